The average molecular weight is 350 g/mol. The molecule has 0 radical (unpaired) electrons. The van der Waals surface area contributed by atoms with Gasteiger partial charge in [-0.15, -0.1) is 0 Å². The van der Waals surface area contributed by atoms with Gasteiger partial charge in [-0.3, -0.25) is 0 Å². The highest BCUT2D eigenvalue weighted by molar-refractivity contribution is 5.65. The number of hydrogen-bond donors (Lipinski definition) is 0. The van der Waals surface area contributed by atoms with Crippen LogP contribution in [-0.2, 0) is 6.54 Å². The molecule has 130 valence electrons. The van der Waals surface area contributed by atoms with Crippen LogP contribution in [0.2, 0.25) is 0 Å². The molecular formula is C19H15FN4O2. The van der Waals surface area contributed by atoms with Crippen LogP contribution in [-0.4, -0.2) is 26.1 Å². The number of nitrogens with zero attached hydrogens (tertiary/aromatic N) is 4. The molecule has 0 saturated carbocycles. The van der Waals surface area contributed by atoms with Gasteiger partial charge in [0, 0.05) is 18.0 Å². The Hall–Kier alpha value is -3.48. The fourth-order valence-electron chi connectivity index (χ4n) is 2.47. The Balaban J connectivity index is 1.62. The number of benzene rings is 1. The summed E-state index contributed by atoms with van der Waals surface area (Å²) in [5.41, 5.74) is 1.99. The summed E-state index contributed by atoms with van der Waals surface area (Å²) in [6, 6.07) is 11.7. The second-order valence-electron chi connectivity index (χ2n) is 5.55. The summed E-state index contributed by atoms with van der Waals surface area (Å²) >= 11 is 0. The summed E-state index contributed by atoms with van der Waals surface area (Å²) < 4.78 is 26.3. The smallest absolute Gasteiger partial charge is 0.317 e. The number of aromatic nitrogens is 4. The number of rotatable bonds is 6. The van der Waals surface area contributed by atoms with Crippen molar-refractivity contribution in [3.8, 4) is 28.7 Å². The van der Waals surface area contributed by atoms with Gasteiger partial charge in [-0.25, -0.2) is 9.37 Å². The Morgan fingerprint density at radius 2 is 1.92 bits per heavy atom. The molecule has 26 heavy (non-hydrogen) atoms. The van der Waals surface area contributed by atoms with Crippen LogP contribution in [0.5, 0.6) is 6.01 Å². The van der Waals surface area contributed by atoms with Crippen molar-refractivity contribution in [3.63, 3.8) is 0 Å². The molecular weight excluding hydrogens is 335 g/mol. The van der Waals surface area contributed by atoms with Crippen LogP contribution in [0.3, 0.4) is 0 Å². The van der Waals surface area contributed by atoms with Crippen molar-refractivity contribution >= 4 is 0 Å². The summed E-state index contributed by atoms with van der Waals surface area (Å²) in [6.07, 6.45) is 6.86. The molecule has 0 aliphatic heterocycles. The first kappa shape index (κ1) is 16.0. The SMILES string of the molecule is Fc1ccc(-c2cc(-c3ccco3)nc(OCCn3ccnc3)n2)cc1. The molecule has 0 fully saturated rings. The minimum absolute atomic E-state index is 0.235. The molecule has 0 aliphatic carbocycles. The summed E-state index contributed by atoms with van der Waals surface area (Å²) in [6.45, 7) is 1.01. The standard InChI is InChI=1S/C19H15FN4O2/c20-15-5-3-14(4-6-15)16-12-17(18-2-1-10-25-18)23-19(22-16)26-11-9-24-8-7-21-13-24/h1-8,10,12-13H,9,11H2. The van der Waals surface area contributed by atoms with E-state index in [1.54, 1.807) is 43.1 Å². The van der Waals surface area contributed by atoms with Gasteiger partial charge in [0.15, 0.2) is 5.76 Å². The summed E-state index contributed by atoms with van der Waals surface area (Å²) in [7, 11) is 0. The predicted molar refractivity (Wildman–Crippen MR) is 92.9 cm³/mol. The van der Waals surface area contributed by atoms with Gasteiger partial charge in [-0.05, 0) is 42.5 Å². The maximum atomic E-state index is 13.2. The van der Waals surface area contributed by atoms with Gasteiger partial charge in [0.2, 0.25) is 0 Å². The minimum atomic E-state index is -0.300. The zero-order valence-corrected chi connectivity index (χ0v) is 13.7. The lowest BCUT2D eigenvalue weighted by Gasteiger charge is -2.09. The minimum Gasteiger partial charge on any atom is -0.463 e. The molecule has 3 aromatic heterocycles. The normalized spacial score (nSPS) is 10.8. The van der Waals surface area contributed by atoms with E-state index in [9.17, 15) is 4.39 Å². The van der Waals surface area contributed by atoms with Crippen molar-refractivity contribution in [2.45, 2.75) is 6.54 Å². The molecule has 0 amide bonds. The molecule has 0 N–H and O–H groups in total. The van der Waals surface area contributed by atoms with Crippen LogP contribution in [0.25, 0.3) is 22.7 Å². The van der Waals surface area contributed by atoms with E-state index in [2.05, 4.69) is 15.0 Å². The van der Waals surface area contributed by atoms with Crippen molar-refractivity contribution in [2.75, 3.05) is 6.61 Å². The first-order valence-corrected chi connectivity index (χ1v) is 8.05. The lowest BCUT2D eigenvalue weighted by Crippen LogP contribution is -2.09. The molecule has 6 nitrogen and oxygen atoms in total. The third-order valence-electron chi connectivity index (χ3n) is 3.76. The van der Waals surface area contributed by atoms with Crippen LogP contribution < -0.4 is 4.74 Å². The van der Waals surface area contributed by atoms with E-state index in [1.807, 2.05) is 16.8 Å². The zero-order chi connectivity index (χ0) is 17.8. The Morgan fingerprint density at radius 3 is 2.65 bits per heavy atom. The first-order valence-electron chi connectivity index (χ1n) is 8.05. The summed E-state index contributed by atoms with van der Waals surface area (Å²) in [4.78, 5) is 12.8. The zero-order valence-electron chi connectivity index (χ0n) is 13.7. The van der Waals surface area contributed by atoms with E-state index >= 15 is 0 Å². The van der Waals surface area contributed by atoms with Gasteiger partial charge in [0.1, 0.15) is 18.1 Å². The first-order chi connectivity index (χ1) is 12.8. The van der Waals surface area contributed by atoms with Crippen LogP contribution in [0.1, 0.15) is 0 Å². The van der Waals surface area contributed by atoms with E-state index in [0.29, 0.717) is 30.3 Å². The van der Waals surface area contributed by atoms with E-state index in [4.69, 9.17) is 9.15 Å². The second kappa shape index (κ2) is 7.18. The summed E-state index contributed by atoms with van der Waals surface area (Å²) in [5, 5.41) is 0. The van der Waals surface area contributed by atoms with Gasteiger partial charge in [0.05, 0.1) is 24.8 Å². The molecule has 0 saturated heterocycles. The number of imidazole rings is 1. The Morgan fingerprint density at radius 1 is 1.08 bits per heavy atom. The molecule has 0 spiro atoms. The van der Waals surface area contributed by atoms with Crippen LogP contribution in [0.4, 0.5) is 4.39 Å². The molecule has 1 aromatic carbocycles. The lowest BCUT2D eigenvalue weighted by molar-refractivity contribution is 0.276. The highest BCUT2D eigenvalue weighted by atomic mass is 19.1. The highest BCUT2D eigenvalue weighted by Crippen LogP contribution is 2.26. The van der Waals surface area contributed by atoms with Crippen molar-refractivity contribution in [1.29, 1.82) is 0 Å². The highest BCUT2D eigenvalue weighted by Gasteiger charge is 2.11. The predicted octanol–water partition coefficient (Wildman–Crippen LogP) is 3.82. The molecule has 4 rings (SSSR count). The Kier molecular flexibility index (Phi) is 4.42. The molecule has 0 atom stereocenters. The van der Waals surface area contributed by atoms with Crippen molar-refractivity contribution < 1.29 is 13.5 Å². The van der Waals surface area contributed by atoms with Gasteiger partial charge in [0.25, 0.3) is 0 Å². The molecule has 3 heterocycles. The number of hydrogen-bond acceptors (Lipinski definition) is 5. The molecule has 4 aromatic rings. The number of ether oxygens (including phenoxy) is 1. The topological polar surface area (TPSA) is 66.0 Å². The maximum absolute atomic E-state index is 13.2. The second-order valence-corrected chi connectivity index (χ2v) is 5.55. The summed E-state index contributed by atoms with van der Waals surface area (Å²) in [5.74, 6) is 0.307. The van der Waals surface area contributed by atoms with Crippen molar-refractivity contribution in [2.24, 2.45) is 0 Å². The van der Waals surface area contributed by atoms with E-state index < -0.39 is 0 Å². The van der Waals surface area contributed by atoms with Gasteiger partial charge >= 0.3 is 6.01 Å². The van der Waals surface area contributed by atoms with E-state index in [0.717, 1.165) is 5.56 Å². The van der Waals surface area contributed by atoms with Crippen LogP contribution >= 0.6 is 0 Å². The van der Waals surface area contributed by atoms with Crippen molar-refractivity contribution in [3.05, 3.63) is 73.3 Å². The van der Waals surface area contributed by atoms with Crippen LogP contribution in [0, 0.1) is 5.82 Å². The Labute approximate surface area is 148 Å². The molecule has 0 aliphatic rings. The maximum Gasteiger partial charge on any atom is 0.317 e. The molecule has 7 heteroatoms. The largest absolute Gasteiger partial charge is 0.463 e. The third kappa shape index (κ3) is 3.61. The monoisotopic (exact) mass is 350 g/mol. The van der Waals surface area contributed by atoms with Crippen molar-refractivity contribution in [1.82, 2.24) is 19.5 Å². The van der Waals surface area contributed by atoms with Gasteiger partial charge in [-0.2, -0.15) is 9.97 Å². The number of furan rings is 1. The fourth-order valence-corrected chi connectivity index (χ4v) is 2.47. The fraction of sp³-hybridized carbons (Fsp3) is 0.105. The number of halogens is 1. The van der Waals surface area contributed by atoms with E-state index in [1.165, 1.54) is 12.1 Å². The van der Waals surface area contributed by atoms with Crippen LogP contribution in [0.15, 0.2) is 71.9 Å². The van der Waals surface area contributed by atoms with Gasteiger partial charge < -0.3 is 13.7 Å². The van der Waals surface area contributed by atoms with E-state index in [-0.39, 0.29) is 11.8 Å². The average Bonchev–Trinajstić information content (AvgIpc) is 3.36. The van der Waals surface area contributed by atoms with Gasteiger partial charge in [-0.1, -0.05) is 0 Å². The lowest BCUT2D eigenvalue weighted by atomic mass is 10.1. The molecule has 0 bridgehead atoms. The third-order valence-corrected chi connectivity index (χ3v) is 3.76. The Bertz CT molecular complexity index is 967. The quantitative estimate of drug-likeness (QED) is 0.529. The molecule has 0 unspecified atom stereocenters.